The van der Waals surface area contributed by atoms with Gasteiger partial charge in [-0.3, -0.25) is 14.6 Å². The van der Waals surface area contributed by atoms with E-state index >= 15 is 0 Å². The number of halogens is 1. The van der Waals surface area contributed by atoms with Crippen LogP contribution in [0.5, 0.6) is 11.5 Å². The number of carbonyl (C=O) groups is 2. The molecule has 2 aromatic heterocycles. The molecule has 2 aromatic carbocycles. The van der Waals surface area contributed by atoms with E-state index in [1.165, 1.54) is 19.1 Å². The van der Waals surface area contributed by atoms with Crippen molar-refractivity contribution >= 4 is 22.7 Å². The first-order valence-electron chi connectivity index (χ1n) is 13.8. The standard InChI is InChI=1S/C32H31FN4O5/c1-17-10-19-11-20(12-24(26(19)35-14-17)42-22-8-9-22)29(38)36-15-32(3,40)25-13-23-28(41-16-31(23,2)30(34)39)27(37-25)18-4-6-21(33)7-5-18/h4-7,10-14,22,40H,8-9,15-16H2,1-3H3,(H2,34,39)(H,36,38)/t31-,32-/m0/s1. The minimum absolute atomic E-state index is 0.00255. The number of nitrogens with two attached hydrogens (primary N) is 1. The third-order valence-corrected chi connectivity index (χ3v) is 7.84. The van der Waals surface area contributed by atoms with Crippen LogP contribution in [0.2, 0.25) is 0 Å². The van der Waals surface area contributed by atoms with Gasteiger partial charge in [-0.2, -0.15) is 0 Å². The molecule has 0 saturated heterocycles. The summed E-state index contributed by atoms with van der Waals surface area (Å²) in [6.07, 6.45) is 3.80. The molecule has 4 aromatic rings. The smallest absolute Gasteiger partial charge is 0.251 e. The third-order valence-electron chi connectivity index (χ3n) is 7.84. The number of pyridine rings is 2. The van der Waals surface area contributed by atoms with Gasteiger partial charge in [0.2, 0.25) is 5.91 Å². The maximum atomic E-state index is 13.7. The number of hydrogen-bond acceptors (Lipinski definition) is 7. The Labute approximate surface area is 241 Å². The lowest BCUT2D eigenvalue weighted by atomic mass is 9.82. The van der Waals surface area contributed by atoms with Gasteiger partial charge in [0.1, 0.15) is 46.1 Å². The Bertz CT molecular complexity index is 1740. The Balaban J connectivity index is 1.33. The van der Waals surface area contributed by atoms with E-state index in [0.717, 1.165) is 23.8 Å². The number of aryl methyl sites for hydroxylation is 1. The lowest BCUT2D eigenvalue weighted by Gasteiger charge is -2.26. The Morgan fingerprint density at radius 2 is 1.95 bits per heavy atom. The third kappa shape index (κ3) is 5.02. The zero-order valence-electron chi connectivity index (χ0n) is 23.5. The van der Waals surface area contributed by atoms with Gasteiger partial charge in [0.05, 0.1) is 18.3 Å². The largest absolute Gasteiger partial charge is 0.489 e. The second-order valence-corrected chi connectivity index (χ2v) is 11.6. The Morgan fingerprint density at radius 1 is 1.21 bits per heavy atom. The van der Waals surface area contributed by atoms with Crippen LogP contribution in [0, 0.1) is 12.7 Å². The Morgan fingerprint density at radius 3 is 2.64 bits per heavy atom. The van der Waals surface area contributed by atoms with E-state index in [4.69, 9.17) is 15.2 Å². The number of rotatable bonds is 8. The van der Waals surface area contributed by atoms with Gasteiger partial charge in [-0.25, -0.2) is 9.37 Å². The maximum Gasteiger partial charge on any atom is 0.251 e. The topological polar surface area (TPSA) is 137 Å². The summed E-state index contributed by atoms with van der Waals surface area (Å²) in [5.74, 6) is -0.544. The van der Waals surface area contributed by atoms with Crippen molar-refractivity contribution in [3.8, 4) is 22.8 Å². The Kier molecular flexibility index (Phi) is 6.61. The molecule has 216 valence electrons. The molecule has 2 aliphatic rings. The van der Waals surface area contributed by atoms with Gasteiger partial charge in [0, 0.05) is 28.3 Å². The van der Waals surface area contributed by atoms with Gasteiger partial charge < -0.3 is 25.6 Å². The molecule has 3 heterocycles. The minimum Gasteiger partial charge on any atom is -0.489 e. The molecule has 0 radical (unpaired) electrons. The van der Waals surface area contributed by atoms with Crippen molar-refractivity contribution in [3.05, 3.63) is 82.9 Å². The summed E-state index contributed by atoms with van der Waals surface area (Å²) in [7, 11) is 0. The molecule has 2 amide bonds. The summed E-state index contributed by atoms with van der Waals surface area (Å²) in [6.45, 7) is 4.90. The molecule has 1 aliphatic carbocycles. The first-order chi connectivity index (χ1) is 19.9. The van der Waals surface area contributed by atoms with Crippen molar-refractivity contribution in [2.45, 2.75) is 50.7 Å². The molecule has 42 heavy (non-hydrogen) atoms. The number of aromatic nitrogens is 2. The van der Waals surface area contributed by atoms with Gasteiger partial charge in [-0.05, 0) is 87.7 Å². The van der Waals surface area contributed by atoms with Crippen LogP contribution in [0.4, 0.5) is 4.39 Å². The fourth-order valence-corrected chi connectivity index (χ4v) is 5.02. The van der Waals surface area contributed by atoms with E-state index in [-0.39, 0.29) is 24.9 Å². The molecule has 1 saturated carbocycles. The zero-order chi connectivity index (χ0) is 29.8. The van der Waals surface area contributed by atoms with Crippen molar-refractivity contribution in [3.63, 3.8) is 0 Å². The van der Waals surface area contributed by atoms with Gasteiger partial charge in [-0.15, -0.1) is 0 Å². The second-order valence-electron chi connectivity index (χ2n) is 11.6. The lowest BCUT2D eigenvalue weighted by Crippen LogP contribution is -2.41. The molecule has 0 bridgehead atoms. The molecule has 6 rings (SSSR count). The zero-order valence-corrected chi connectivity index (χ0v) is 23.5. The van der Waals surface area contributed by atoms with Gasteiger partial charge >= 0.3 is 0 Å². The number of fused-ring (bicyclic) bond motifs is 2. The van der Waals surface area contributed by atoms with E-state index in [2.05, 4.69) is 15.3 Å². The highest BCUT2D eigenvalue weighted by Gasteiger charge is 2.45. The number of carbonyl (C=O) groups excluding carboxylic acids is 2. The molecule has 4 N–H and O–H groups in total. The van der Waals surface area contributed by atoms with Crippen LogP contribution in [0.1, 0.15) is 53.9 Å². The summed E-state index contributed by atoms with van der Waals surface area (Å²) in [6, 6.07) is 12.6. The minimum atomic E-state index is -1.66. The molecule has 1 aliphatic heterocycles. The quantitative estimate of drug-likeness (QED) is 0.291. The van der Waals surface area contributed by atoms with E-state index in [1.807, 2.05) is 13.0 Å². The molecule has 0 unspecified atom stereocenters. The van der Waals surface area contributed by atoms with Gasteiger partial charge in [0.15, 0.2) is 0 Å². The van der Waals surface area contributed by atoms with Crippen molar-refractivity contribution in [2.75, 3.05) is 13.2 Å². The second kappa shape index (κ2) is 10.1. The van der Waals surface area contributed by atoms with Crippen molar-refractivity contribution < 1.29 is 28.6 Å². The number of aliphatic hydroxyl groups is 1. The summed E-state index contributed by atoms with van der Waals surface area (Å²) >= 11 is 0. The number of amides is 2. The number of nitrogens with one attached hydrogen (secondary N) is 1. The number of ether oxygens (including phenoxy) is 2. The first-order valence-corrected chi connectivity index (χ1v) is 13.8. The fraction of sp³-hybridized carbons (Fsp3) is 0.312. The number of hydrogen-bond donors (Lipinski definition) is 3. The maximum absolute atomic E-state index is 13.7. The molecular formula is C32H31FN4O5. The summed E-state index contributed by atoms with van der Waals surface area (Å²) < 4.78 is 25.6. The van der Waals surface area contributed by atoms with Crippen LogP contribution in [0.3, 0.4) is 0 Å². The molecule has 10 heteroatoms. The summed E-state index contributed by atoms with van der Waals surface area (Å²) in [5, 5.41) is 15.2. The van der Waals surface area contributed by atoms with Crippen LogP contribution in [0.15, 0.2) is 54.7 Å². The molecule has 2 atom stereocenters. The van der Waals surface area contributed by atoms with Crippen LogP contribution < -0.4 is 20.5 Å². The average molecular weight is 571 g/mol. The number of nitrogens with zero attached hydrogens (tertiary/aromatic N) is 2. The number of benzene rings is 2. The average Bonchev–Trinajstić information content (AvgIpc) is 3.71. The molecule has 0 spiro atoms. The molecule has 1 fully saturated rings. The highest BCUT2D eigenvalue weighted by molar-refractivity contribution is 6.00. The van der Waals surface area contributed by atoms with Crippen LogP contribution in [-0.2, 0) is 15.8 Å². The summed E-state index contributed by atoms with van der Waals surface area (Å²) in [5.41, 5.74) is 6.44. The van der Waals surface area contributed by atoms with E-state index in [1.54, 1.807) is 43.5 Å². The predicted octanol–water partition coefficient (Wildman–Crippen LogP) is 4.06. The van der Waals surface area contributed by atoms with Gasteiger partial charge in [0.25, 0.3) is 5.91 Å². The van der Waals surface area contributed by atoms with Crippen molar-refractivity contribution in [2.24, 2.45) is 5.73 Å². The number of primary amides is 1. The predicted molar refractivity (Wildman–Crippen MR) is 154 cm³/mol. The Hall–Kier alpha value is -4.57. The lowest BCUT2D eigenvalue weighted by molar-refractivity contribution is -0.123. The monoisotopic (exact) mass is 570 g/mol. The van der Waals surface area contributed by atoms with Crippen LogP contribution in [-0.4, -0.2) is 46.1 Å². The van der Waals surface area contributed by atoms with Crippen molar-refractivity contribution in [1.82, 2.24) is 15.3 Å². The van der Waals surface area contributed by atoms with E-state index in [9.17, 15) is 19.1 Å². The van der Waals surface area contributed by atoms with E-state index in [0.29, 0.717) is 39.4 Å². The first kappa shape index (κ1) is 27.6. The molecular weight excluding hydrogens is 539 g/mol. The fourth-order valence-electron chi connectivity index (χ4n) is 5.02. The van der Waals surface area contributed by atoms with Crippen molar-refractivity contribution in [1.29, 1.82) is 0 Å². The highest BCUT2D eigenvalue weighted by Crippen LogP contribution is 2.45. The van der Waals surface area contributed by atoms with Crippen LogP contribution in [0.25, 0.3) is 22.2 Å². The van der Waals surface area contributed by atoms with Crippen LogP contribution >= 0.6 is 0 Å². The highest BCUT2D eigenvalue weighted by atomic mass is 19.1. The van der Waals surface area contributed by atoms with Gasteiger partial charge in [-0.1, -0.05) is 0 Å². The summed E-state index contributed by atoms with van der Waals surface area (Å²) in [4.78, 5) is 35.0. The molecule has 9 nitrogen and oxygen atoms in total. The van der Waals surface area contributed by atoms with E-state index < -0.39 is 28.6 Å². The normalized spacial score (nSPS) is 19.1. The SMILES string of the molecule is Cc1cnc2c(OC3CC3)cc(C(=O)NC[C@](C)(O)c3cc4c(c(-c5ccc(F)cc5)n3)OC[C@]4(C)C(N)=O)cc2c1.